The lowest BCUT2D eigenvalue weighted by atomic mass is 10.0. The highest BCUT2D eigenvalue weighted by Crippen LogP contribution is 2.14. The molecular weight excluding hydrogens is 346 g/mol. The standard InChI is InChI=1S/C21H23NO5/c1-22(14-15-6-8-17(9-7-15)21(25)26)20(24)5-3-4-19(23)16-10-12-18(27-2)13-11-16/h6-13H,3-5,14H2,1-2H3,(H,25,26). The molecular formula is C21H23NO5. The number of ether oxygens (including phenoxy) is 1. The number of ketones is 1. The Morgan fingerprint density at radius 3 is 2.07 bits per heavy atom. The van der Waals surface area contributed by atoms with Crippen LogP contribution in [0, 0.1) is 0 Å². The summed E-state index contributed by atoms with van der Waals surface area (Å²) >= 11 is 0. The van der Waals surface area contributed by atoms with Crippen LogP contribution < -0.4 is 4.74 Å². The van der Waals surface area contributed by atoms with Gasteiger partial charge in [-0.15, -0.1) is 0 Å². The van der Waals surface area contributed by atoms with Crippen molar-refractivity contribution >= 4 is 17.7 Å². The van der Waals surface area contributed by atoms with Gasteiger partial charge in [-0.2, -0.15) is 0 Å². The van der Waals surface area contributed by atoms with Gasteiger partial charge < -0.3 is 14.7 Å². The van der Waals surface area contributed by atoms with Gasteiger partial charge >= 0.3 is 5.97 Å². The number of amides is 1. The summed E-state index contributed by atoms with van der Waals surface area (Å²) in [7, 11) is 3.26. The van der Waals surface area contributed by atoms with Crippen LogP contribution in [0.2, 0.25) is 0 Å². The molecule has 142 valence electrons. The second-order valence-corrected chi connectivity index (χ2v) is 6.26. The van der Waals surface area contributed by atoms with E-state index in [-0.39, 0.29) is 23.7 Å². The minimum atomic E-state index is -0.979. The van der Waals surface area contributed by atoms with Gasteiger partial charge in [-0.05, 0) is 48.4 Å². The molecule has 0 spiro atoms. The normalized spacial score (nSPS) is 10.3. The van der Waals surface area contributed by atoms with Crippen LogP contribution in [0.15, 0.2) is 48.5 Å². The molecule has 27 heavy (non-hydrogen) atoms. The van der Waals surface area contributed by atoms with Crippen LogP contribution in [0.1, 0.15) is 45.5 Å². The van der Waals surface area contributed by atoms with Crippen molar-refractivity contribution in [1.82, 2.24) is 4.90 Å². The zero-order valence-electron chi connectivity index (χ0n) is 15.5. The van der Waals surface area contributed by atoms with Gasteiger partial charge in [0, 0.05) is 32.0 Å². The molecule has 0 radical (unpaired) electrons. The number of carboxylic acid groups (broad SMARTS) is 1. The number of carbonyl (C=O) groups excluding carboxylic acids is 2. The smallest absolute Gasteiger partial charge is 0.335 e. The first-order valence-electron chi connectivity index (χ1n) is 8.64. The minimum absolute atomic E-state index is 0.00244. The van der Waals surface area contributed by atoms with E-state index in [1.165, 1.54) is 12.1 Å². The summed E-state index contributed by atoms with van der Waals surface area (Å²) in [6.45, 7) is 0.394. The maximum absolute atomic E-state index is 12.2. The molecule has 0 aliphatic heterocycles. The van der Waals surface area contributed by atoms with E-state index < -0.39 is 5.97 Å². The van der Waals surface area contributed by atoms with Crippen molar-refractivity contribution in [1.29, 1.82) is 0 Å². The lowest BCUT2D eigenvalue weighted by molar-refractivity contribution is -0.130. The van der Waals surface area contributed by atoms with Gasteiger partial charge in [0.2, 0.25) is 5.91 Å². The molecule has 2 aromatic carbocycles. The third-order valence-corrected chi connectivity index (χ3v) is 4.25. The highest BCUT2D eigenvalue weighted by atomic mass is 16.5. The molecule has 1 amide bonds. The van der Waals surface area contributed by atoms with Crippen molar-refractivity contribution in [3.63, 3.8) is 0 Å². The molecule has 0 saturated heterocycles. The van der Waals surface area contributed by atoms with Crippen LogP contribution in [0.3, 0.4) is 0 Å². The first-order valence-corrected chi connectivity index (χ1v) is 8.64. The van der Waals surface area contributed by atoms with Gasteiger partial charge in [0.1, 0.15) is 5.75 Å². The van der Waals surface area contributed by atoms with Crippen molar-refractivity contribution in [2.45, 2.75) is 25.8 Å². The van der Waals surface area contributed by atoms with Gasteiger partial charge in [0.15, 0.2) is 5.78 Å². The van der Waals surface area contributed by atoms with Crippen molar-refractivity contribution in [2.24, 2.45) is 0 Å². The second kappa shape index (κ2) is 9.52. The summed E-state index contributed by atoms with van der Waals surface area (Å²) in [5.41, 5.74) is 1.67. The summed E-state index contributed by atoms with van der Waals surface area (Å²) in [6, 6.07) is 13.3. The monoisotopic (exact) mass is 369 g/mol. The Hall–Kier alpha value is -3.15. The van der Waals surface area contributed by atoms with E-state index in [1.807, 2.05) is 0 Å². The Balaban J connectivity index is 1.78. The van der Waals surface area contributed by atoms with Crippen LogP contribution in [0.5, 0.6) is 5.75 Å². The van der Waals surface area contributed by atoms with Crippen molar-refractivity contribution in [2.75, 3.05) is 14.2 Å². The Morgan fingerprint density at radius 1 is 0.926 bits per heavy atom. The fourth-order valence-corrected chi connectivity index (χ4v) is 2.63. The van der Waals surface area contributed by atoms with E-state index >= 15 is 0 Å². The molecule has 1 N–H and O–H groups in total. The lowest BCUT2D eigenvalue weighted by Gasteiger charge is -2.17. The van der Waals surface area contributed by atoms with Gasteiger partial charge in [-0.25, -0.2) is 4.79 Å². The number of hydrogen-bond donors (Lipinski definition) is 1. The predicted octanol–water partition coefficient (Wildman–Crippen LogP) is 3.41. The van der Waals surface area contributed by atoms with Crippen molar-refractivity contribution < 1.29 is 24.2 Å². The van der Waals surface area contributed by atoms with Crippen LogP contribution in [0.25, 0.3) is 0 Å². The Morgan fingerprint density at radius 2 is 1.52 bits per heavy atom. The highest BCUT2D eigenvalue weighted by Gasteiger charge is 2.12. The van der Waals surface area contributed by atoms with E-state index in [0.29, 0.717) is 30.7 Å². The van der Waals surface area contributed by atoms with Gasteiger partial charge in [-0.3, -0.25) is 9.59 Å². The first kappa shape index (κ1) is 20.2. The zero-order chi connectivity index (χ0) is 19.8. The van der Waals surface area contributed by atoms with Crippen LogP contribution in [-0.4, -0.2) is 41.8 Å². The predicted molar refractivity (Wildman–Crippen MR) is 101 cm³/mol. The first-order chi connectivity index (χ1) is 12.9. The Labute approximate surface area is 158 Å². The fraction of sp³-hybridized carbons (Fsp3) is 0.286. The number of Topliss-reactive ketones (excluding diaryl/α,β-unsaturated/α-hetero) is 1. The number of nitrogens with zero attached hydrogens (tertiary/aromatic N) is 1. The third kappa shape index (κ3) is 5.95. The maximum atomic E-state index is 12.2. The molecule has 6 nitrogen and oxygen atoms in total. The summed E-state index contributed by atoms with van der Waals surface area (Å²) in [5, 5.41) is 8.90. The third-order valence-electron chi connectivity index (χ3n) is 4.25. The molecule has 2 rings (SSSR count). The SMILES string of the molecule is COc1ccc(C(=O)CCCC(=O)N(C)Cc2ccc(C(=O)O)cc2)cc1. The van der Waals surface area contributed by atoms with Crippen molar-refractivity contribution in [3.05, 3.63) is 65.2 Å². The number of methoxy groups -OCH3 is 1. The van der Waals surface area contributed by atoms with Gasteiger partial charge in [0.25, 0.3) is 0 Å². The number of benzene rings is 2. The number of hydrogen-bond acceptors (Lipinski definition) is 4. The molecule has 0 aliphatic carbocycles. The van der Waals surface area contributed by atoms with E-state index in [1.54, 1.807) is 55.5 Å². The Kier molecular flexibility index (Phi) is 7.11. The maximum Gasteiger partial charge on any atom is 0.335 e. The van der Waals surface area contributed by atoms with Crippen molar-refractivity contribution in [3.8, 4) is 5.75 Å². The average molecular weight is 369 g/mol. The second-order valence-electron chi connectivity index (χ2n) is 6.26. The molecule has 0 aliphatic rings. The van der Waals surface area contributed by atoms with E-state index in [2.05, 4.69) is 0 Å². The molecule has 0 atom stereocenters. The average Bonchev–Trinajstić information content (AvgIpc) is 2.68. The van der Waals surface area contributed by atoms with E-state index in [4.69, 9.17) is 9.84 Å². The highest BCUT2D eigenvalue weighted by molar-refractivity contribution is 5.96. The molecule has 0 unspecified atom stereocenters. The molecule has 6 heteroatoms. The number of rotatable bonds is 9. The van der Waals surface area contributed by atoms with E-state index in [0.717, 1.165) is 5.56 Å². The molecule has 2 aromatic rings. The quantitative estimate of drug-likeness (QED) is 0.685. The number of aromatic carboxylic acids is 1. The molecule has 0 fully saturated rings. The van der Waals surface area contributed by atoms with Crippen LogP contribution in [0.4, 0.5) is 0 Å². The lowest BCUT2D eigenvalue weighted by Crippen LogP contribution is -2.26. The summed E-state index contributed by atoms with van der Waals surface area (Å²) in [5.74, 6) is -0.343. The number of carbonyl (C=O) groups is 3. The number of carboxylic acids is 1. The van der Waals surface area contributed by atoms with Gasteiger partial charge in [0.05, 0.1) is 12.7 Å². The largest absolute Gasteiger partial charge is 0.497 e. The summed E-state index contributed by atoms with van der Waals surface area (Å²) in [4.78, 5) is 36.8. The molecule has 0 aromatic heterocycles. The topological polar surface area (TPSA) is 83.9 Å². The van der Waals surface area contributed by atoms with E-state index in [9.17, 15) is 14.4 Å². The molecule has 0 bridgehead atoms. The van der Waals surface area contributed by atoms with Crippen LogP contribution >= 0.6 is 0 Å². The summed E-state index contributed by atoms with van der Waals surface area (Å²) in [6.07, 6.45) is 1.07. The molecule has 0 saturated carbocycles. The van der Waals surface area contributed by atoms with Crippen LogP contribution in [-0.2, 0) is 11.3 Å². The molecule has 0 heterocycles. The zero-order valence-corrected chi connectivity index (χ0v) is 15.5. The minimum Gasteiger partial charge on any atom is -0.497 e. The fourth-order valence-electron chi connectivity index (χ4n) is 2.63. The Bertz CT molecular complexity index is 796. The summed E-state index contributed by atoms with van der Waals surface area (Å²) < 4.78 is 5.06. The van der Waals surface area contributed by atoms with Gasteiger partial charge in [-0.1, -0.05) is 12.1 Å².